The molecule has 7 aromatic rings. The lowest BCUT2D eigenvalue weighted by Gasteiger charge is -2.40. The Kier molecular flexibility index (Phi) is 7.69. The number of hydrogen-bond donors (Lipinski definition) is 0. The Balaban J connectivity index is 1.17. The van der Waals surface area contributed by atoms with Gasteiger partial charge in [0.2, 0.25) is 0 Å². The van der Waals surface area contributed by atoms with E-state index in [1.165, 1.54) is 39.1 Å². The molecule has 2 heterocycles. The van der Waals surface area contributed by atoms with Crippen LogP contribution in [-0.2, 0) is 21.2 Å². The number of halogens is 2. The molecule has 1 atom stereocenters. The number of rotatable bonds is 5. The van der Waals surface area contributed by atoms with Crippen molar-refractivity contribution in [3.8, 4) is 28.0 Å². The zero-order valence-corrected chi connectivity index (χ0v) is 33.4. The zero-order valence-electron chi connectivity index (χ0n) is 33.4. The number of anilines is 1. The summed E-state index contributed by atoms with van der Waals surface area (Å²) < 4.78 is 44.1. The van der Waals surface area contributed by atoms with Crippen molar-refractivity contribution in [2.24, 2.45) is 0 Å². The molecule has 3 nitrogen and oxygen atoms in total. The average Bonchev–Trinajstić information content (AvgIpc) is 3.68. The lowest BCUT2D eigenvalue weighted by atomic mass is 9.71. The molecule has 0 bridgehead atoms. The summed E-state index contributed by atoms with van der Waals surface area (Å²) in [6, 6.07) is 39.0. The molecule has 4 aliphatic rings. The first-order valence-corrected chi connectivity index (χ1v) is 20.8. The highest BCUT2D eigenvalue weighted by Crippen LogP contribution is 2.61. The smallest absolute Gasteiger partial charge is 0.178 e. The van der Waals surface area contributed by atoms with Crippen LogP contribution >= 0.6 is 0 Å². The Morgan fingerprint density at radius 1 is 0.638 bits per heavy atom. The quantitative estimate of drug-likeness (QED) is 0.174. The summed E-state index contributed by atoms with van der Waals surface area (Å²) in [7, 11) is 0. The third-order valence-corrected chi connectivity index (χ3v) is 14.1. The third kappa shape index (κ3) is 4.74. The van der Waals surface area contributed by atoms with Gasteiger partial charge in [-0.15, -0.1) is 0 Å². The van der Waals surface area contributed by atoms with Crippen molar-refractivity contribution in [1.82, 2.24) is 0 Å². The molecule has 5 heteroatoms. The summed E-state index contributed by atoms with van der Waals surface area (Å²) in [5.74, 6) is 0.0803. The number of ether oxygens (including phenoxy) is 2. The lowest BCUT2D eigenvalue weighted by Crippen LogP contribution is -2.37. The van der Waals surface area contributed by atoms with Gasteiger partial charge in [-0.2, -0.15) is 0 Å². The zero-order chi connectivity index (χ0) is 39.6. The van der Waals surface area contributed by atoms with Crippen LogP contribution in [0.4, 0.5) is 14.5 Å². The first kappa shape index (κ1) is 35.4. The summed E-state index contributed by atoms with van der Waals surface area (Å²) in [6.45, 7) is 12.1. The van der Waals surface area contributed by atoms with Crippen LogP contribution in [0.2, 0.25) is 0 Å². The molecule has 0 N–H and O–H groups in total. The van der Waals surface area contributed by atoms with E-state index >= 15 is 8.78 Å². The Labute approximate surface area is 338 Å². The highest BCUT2D eigenvalue weighted by atomic mass is 19.1. The fourth-order valence-corrected chi connectivity index (χ4v) is 11.1. The Hall–Kier alpha value is -5.78. The van der Waals surface area contributed by atoms with Gasteiger partial charge in [-0.1, -0.05) is 107 Å². The van der Waals surface area contributed by atoms with E-state index in [4.69, 9.17) is 9.47 Å². The van der Waals surface area contributed by atoms with Gasteiger partial charge >= 0.3 is 0 Å². The van der Waals surface area contributed by atoms with Crippen molar-refractivity contribution < 1.29 is 18.3 Å². The molecule has 0 aromatic heterocycles. The molecule has 0 spiro atoms. The minimum absolute atomic E-state index is 0.247. The lowest BCUT2D eigenvalue weighted by molar-refractivity contribution is 0.122. The van der Waals surface area contributed by atoms with E-state index in [1.807, 2.05) is 12.1 Å². The Morgan fingerprint density at radius 2 is 1.34 bits per heavy atom. The first-order valence-electron chi connectivity index (χ1n) is 20.8. The van der Waals surface area contributed by atoms with Gasteiger partial charge in [0.25, 0.3) is 0 Å². The molecule has 1 saturated heterocycles. The minimum Gasteiger partial charge on any atom is -0.472 e. The Morgan fingerprint density at radius 3 is 2.14 bits per heavy atom. The molecule has 0 saturated carbocycles. The van der Waals surface area contributed by atoms with E-state index in [-0.39, 0.29) is 17.0 Å². The maximum Gasteiger partial charge on any atom is 0.178 e. The van der Waals surface area contributed by atoms with Crippen molar-refractivity contribution >= 4 is 33.3 Å². The van der Waals surface area contributed by atoms with Crippen LogP contribution in [0.15, 0.2) is 121 Å². The Bertz CT molecular complexity index is 2880. The van der Waals surface area contributed by atoms with Crippen LogP contribution in [0.3, 0.4) is 0 Å². The standard InChI is InChI=1S/C53H45F2NO2/c1-5-52(6-2)46-31-36(55)16-21-41(46)48-39-20-15-35(54)30-43(39)50-42(49(48)52)23-24-53(58-50,33-12-17-37(18-13-33)56-25-27-57-28-26-56)34-14-19-40-45(29-34)51(3,4)44-22-11-32-9-7-8-10-38(32)47(40)44/h7-24,29-31H,5-6,25-28H2,1-4H3. The van der Waals surface area contributed by atoms with Crippen LogP contribution in [-0.4, -0.2) is 26.3 Å². The normalized spacial score (nSPS) is 19.4. The molecule has 0 radical (unpaired) electrons. The molecular weight excluding hydrogens is 721 g/mol. The van der Waals surface area contributed by atoms with Gasteiger partial charge in [0, 0.05) is 51.7 Å². The van der Waals surface area contributed by atoms with Crippen molar-refractivity contribution in [3.05, 3.63) is 172 Å². The monoisotopic (exact) mass is 765 g/mol. The molecule has 2 aliphatic heterocycles. The van der Waals surface area contributed by atoms with Gasteiger partial charge in [0.05, 0.1) is 13.2 Å². The molecule has 2 aliphatic carbocycles. The van der Waals surface area contributed by atoms with Gasteiger partial charge in [-0.25, -0.2) is 8.78 Å². The third-order valence-electron chi connectivity index (χ3n) is 14.1. The molecule has 7 aromatic carbocycles. The number of fused-ring (bicyclic) bond motifs is 13. The number of benzene rings is 7. The van der Waals surface area contributed by atoms with Crippen LogP contribution in [0, 0.1) is 11.6 Å². The van der Waals surface area contributed by atoms with E-state index in [2.05, 4.69) is 124 Å². The molecule has 1 unspecified atom stereocenters. The van der Waals surface area contributed by atoms with E-state index in [0.717, 1.165) is 75.9 Å². The van der Waals surface area contributed by atoms with Gasteiger partial charge in [-0.3, -0.25) is 0 Å². The summed E-state index contributed by atoms with van der Waals surface area (Å²) >= 11 is 0. The summed E-state index contributed by atoms with van der Waals surface area (Å²) in [6.07, 6.45) is 6.00. The molecule has 1 fully saturated rings. The van der Waals surface area contributed by atoms with E-state index in [9.17, 15) is 0 Å². The number of hydrogen-bond acceptors (Lipinski definition) is 3. The highest BCUT2D eigenvalue weighted by Gasteiger charge is 2.48. The SMILES string of the molecule is CCC1(CC)c2cc(F)ccc2-c2c1c1c(c3cc(F)ccc23)OC(c2ccc(N3CCOCC3)cc2)(c2ccc3c(c2)C(C)(C)c2ccc4ccccc4c2-3)C=C1. The second-order valence-corrected chi connectivity index (χ2v) is 17.1. The van der Waals surface area contributed by atoms with E-state index in [0.29, 0.717) is 24.3 Å². The molecule has 288 valence electrons. The molecule has 11 rings (SSSR count). The van der Waals surface area contributed by atoms with Crippen molar-refractivity contribution in [2.75, 3.05) is 31.2 Å². The number of nitrogens with zero attached hydrogens (tertiary/aromatic N) is 1. The summed E-state index contributed by atoms with van der Waals surface area (Å²) in [5.41, 5.74) is 11.6. The van der Waals surface area contributed by atoms with Crippen LogP contribution in [0.25, 0.3) is 49.9 Å². The maximum atomic E-state index is 15.6. The second kappa shape index (κ2) is 12.6. The molecule has 0 amide bonds. The largest absolute Gasteiger partial charge is 0.472 e. The minimum atomic E-state index is -1.05. The van der Waals surface area contributed by atoms with E-state index in [1.54, 1.807) is 18.2 Å². The fourth-order valence-electron chi connectivity index (χ4n) is 11.1. The predicted molar refractivity (Wildman–Crippen MR) is 232 cm³/mol. The first-order chi connectivity index (χ1) is 28.2. The number of morpholine rings is 1. The summed E-state index contributed by atoms with van der Waals surface area (Å²) in [4.78, 5) is 2.36. The maximum absolute atomic E-state index is 15.6. The van der Waals surface area contributed by atoms with E-state index < -0.39 is 11.0 Å². The topological polar surface area (TPSA) is 21.7 Å². The van der Waals surface area contributed by atoms with Crippen LogP contribution < -0.4 is 9.64 Å². The van der Waals surface area contributed by atoms with Crippen molar-refractivity contribution in [2.45, 2.75) is 57.0 Å². The molecule has 58 heavy (non-hydrogen) atoms. The second-order valence-electron chi connectivity index (χ2n) is 17.1. The fraction of sp³-hybridized carbons (Fsp3) is 0.245. The highest BCUT2D eigenvalue weighted by molar-refractivity contribution is 6.09. The van der Waals surface area contributed by atoms with Crippen molar-refractivity contribution in [1.29, 1.82) is 0 Å². The van der Waals surface area contributed by atoms with Gasteiger partial charge in [0.15, 0.2) is 5.60 Å². The summed E-state index contributed by atoms with van der Waals surface area (Å²) in [5, 5.41) is 4.11. The predicted octanol–water partition coefficient (Wildman–Crippen LogP) is 12.8. The van der Waals surface area contributed by atoms with Gasteiger partial charge in [0.1, 0.15) is 17.4 Å². The van der Waals surface area contributed by atoms with Gasteiger partial charge < -0.3 is 14.4 Å². The van der Waals surface area contributed by atoms with Crippen LogP contribution in [0.1, 0.15) is 79.5 Å². The molecular formula is C53H45F2NO2. The van der Waals surface area contributed by atoms with Crippen LogP contribution in [0.5, 0.6) is 5.75 Å². The van der Waals surface area contributed by atoms with Crippen molar-refractivity contribution in [3.63, 3.8) is 0 Å². The average molecular weight is 766 g/mol. The van der Waals surface area contributed by atoms with Gasteiger partial charge in [-0.05, 0) is 122 Å².